The van der Waals surface area contributed by atoms with Gasteiger partial charge >= 0.3 is 5.97 Å². The first-order valence-corrected chi connectivity index (χ1v) is 6.68. The smallest absolute Gasteiger partial charge is 0.307 e. The van der Waals surface area contributed by atoms with Crippen LogP contribution in [0, 0.1) is 6.92 Å². The van der Waals surface area contributed by atoms with Crippen molar-refractivity contribution < 1.29 is 14.3 Å². The van der Waals surface area contributed by atoms with Crippen LogP contribution in [-0.2, 0) is 14.3 Å². The van der Waals surface area contributed by atoms with E-state index in [0.29, 0.717) is 13.2 Å². The maximum atomic E-state index is 11.8. The number of rotatable bonds is 6. The summed E-state index contributed by atoms with van der Waals surface area (Å²) >= 11 is 0. The molecule has 0 radical (unpaired) electrons. The van der Waals surface area contributed by atoms with E-state index < -0.39 is 0 Å². The van der Waals surface area contributed by atoms with Gasteiger partial charge < -0.3 is 9.64 Å². The Morgan fingerprint density at radius 2 is 1.90 bits per heavy atom. The first-order chi connectivity index (χ1) is 9.52. The summed E-state index contributed by atoms with van der Waals surface area (Å²) in [5.41, 5.74) is 2.16. The number of hydrogen-bond acceptors (Lipinski definition) is 3. The second-order valence-electron chi connectivity index (χ2n) is 4.56. The van der Waals surface area contributed by atoms with Crippen molar-refractivity contribution in [2.24, 2.45) is 0 Å². The van der Waals surface area contributed by atoms with Crippen molar-refractivity contribution in [3.63, 3.8) is 0 Å². The summed E-state index contributed by atoms with van der Waals surface area (Å²) in [7, 11) is 1.67. The number of aryl methyl sites for hydroxylation is 1. The van der Waals surface area contributed by atoms with Crippen LogP contribution in [0.4, 0.5) is 0 Å². The zero-order valence-electron chi connectivity index (χ0n) is 12.3. The number of likely N-dealkylation sites (N-methyl/N-ethyl adjacent to an activating group) is 1. The van der Waals surface area contributed by atoms with Crippen LogP contribution in [0.15, 0.2) is 30.3 Å². The van der Waals surface area contributed by atoms with Gasteiger partial charge in [0.1, 0.15) is 0 Å². The van der Waals surface area contributed by atoms with Gasteiger partial charge in [-0.15, -0.1) is 0 Å². The summed E-state index contributed by atoms with van der Waals surface area (Å²) in [5.74, 6) is -0.412. The molecular formula is C16H21NO3. The number of carbonyl (C=O) groups excluding carboxylic acids is 2. The molecule has 0 heterocycles. The second kappa shape index (κ2) is 8.15. The first-order valence-electron chi connectivity index (χ1n) is 6.68. The molecule has 4 nitrogen and oxygen atoms in total. The molecule has 0 aliphatic carbocycles. The first kappa shape index (κ1) is 16.0. The molecule has 1 rings (SSSR count). The molecule has 0 bridgehead atoms. The van der Waals surface area contributed by atoms with E-state index in [4.69, 9.17) is 4.74 Å². The molecule has 1 amide bonds. The monoisotopic (exact) mass is 275 g/mol. The predicted molar refractivity (Wildman–Crippen MR) is 79.1 cm³/mol. The summed E-state index contributed by atoms with van der Waals surface area (Å²) in [4.78, 5) is 24.5. The Kier molecular flexibility index (Phi) is 6.50. The van der Waals surface area contributed by atoms with Crippen LogP contribution in [0.25, 0.3) is 6.08 Å². The number of nitrogens with zero attached hydrogens (tertiary/aromatic N) is 1. The van der Waals surface area contributed by atoms with Gasteiger partial charge in [-0.25, -0.2) is 0 Å². The molecule has 0 saturated carbocycles. The topological polar surface area (TPSA) is 46.6 Å². The fraction of sp³-hybridized carbons (Fsp3) is 0.375. The van der Waals surface area contributed by atoms with E-state index >= 15 is 0 Å². The number of benzene rings is 1. The average molecular weight is 275 g/mol. The highest BCUT2D eigenvalue weighted by Gasteiger charge is 2.08. The van der Waals surface area contributed by atoms with Crippen molar-refractivity contribution in [3.05, 3.63) is 41.5 Å². The van der Waals surface area contributed by atoms with Crippen molar-refractivity contribution in [2.75, 3.05) is 20.2 Å². The molecule has 1 aromatic rings. The molecule has 4 heteroatoms. The molecule has 0 unspecified atom stereocenters. The van der Waals surface area contributed by atoms with Crippen molar-refractivity contribution in [1.82, 2.24) is 4.90 Å². The summed E-state index contributed by atoms with van der Waals surface area (Å²) in [5, 5.41) is 0. The number of esters is 1. The van der Waals surface area contributed by atoms with Crippen LogP contribution in [0.5, 0.6) is 0 Å². The third kappa shape index (κ3) is 5.69. The second-order valence-corrected chi connectivity index (χ2v) is 4.56. The largest absolute Gasteiger partial charge is 0.466 e. The fourth-order valence-electron chi connectivity index (χ4n) is 1.57. The van der Waals surface area contributed by atoms with Gasteiger partial charge in [-0.05, 0) is 25.5 Å². The molecule has 0 fully saturated rings. The van der Waals surface area contributed by atoms with Crippen LogP contribution in [-0.4, -0.2) is 37.0 Å². The minimum atomic E-state index is -0.283. The van der Waals surface area contributed by atoms with E-state index in [9.17, 15) is 9.59 Å². The van der Waals surface area contributed by atoms with Crippen molar-refractivity contribution in [2.45, 2.75) is 20.3 Å². The average Bonchev–Trinajstić information content (AvgIpc) is 2.44. The van der Waals surface area contributed by atoms with E-state index in [2.05, 4.69) is 0 Å². The highest BCUT2D eigenvalue weighted by molar-refractivity contribution is 5.91. The van der Waals surface area contributed by atoms with Gasteiger partial charge in [0.15, 0.2) is 0 Å². The molecule has 0 aromatic heterocycles. The number of ether oxygens (including phenoxy) is 1. The van der Waals surface area contributed by atoms with E-state index in [0.717, 1.165) is 5.56 Å². The van der Waals surface area contributed by atoms with Crippen molar-refractivity contribution in [1.29, 1.82) is 0 Å². The lowest BCUT2D eigenvalue weighted by Gasteiger charge is -2.14. The van der Waals surface area contributed by atoms with Crippen LogP contribution >= 0.6 is 0 Å². The molecule has 0 aliphatic rings. The number of amides is 1. The third-order valence-corrected chi connectivity index (χ3v) is 2.83. The highest BCUT2D eigenvalue weighted by atomic mass is 16.5. The summed E-state index contributed by atoms with van der Waals surface area (Å²) in [6.07, 6.45) is 3.49. The van der Waals surface area contributed by atoms with Gasteiger partial charge in [0.05, 0.1) is 13.0 Å². The normalized spacial score (nSPS) is 10.6. The Morgan fingerprint density at radius 1 is 1.25 bits per heavy atom. The quantitative estimate of drug-likeness (QED) is 0.591. The van der Waals surface area contributed by atoms with Crippen LogP contribution in [0.1, 0.15) is 24.5 Å². The molecule has 1 aromatic carbocycles. The van der Waals surface area contributed by atoms with E-state index in [1.165, 1.54) is 16.5 Å². The van der Waals surface area contributed by atoms with Crippen molar-refractivity contribution in [3.8, 4) is 0 Å². The SMILES string of the molecule is CCOC(=O)CCN(C)C(=O)/C=C/c1ccc(C)cc1. The highest BCUT2D eigenvalue weighted by Crippen LogP contribution is 2.05. The molecule has 0 saturated heterocycles. The molecular weight excluding hydrogens is 254 g/mol. The van der Waals surface area contributed by atoms with Crippen molar-refractivity contribution >= 4 is 18.0 Å². The molecule has 0 atom stereocenters. The summed E-state index contributed by atoms with van der Waals surface area (Å²) < 4.78 is 4.82. The zero-order valence-corrected chi connectivity index (χ0v) is 12.3. The summed E-state index contributed by atoms with van der Waals surface area (Å²) in [6, 6.07) is 7.90. The molecule has 0 spiro atoms. The maximum absolute atomic E-state index is 11.8. The van der Waals surface area contributed by atoms with Gasteiger partial charge in [0, 0.05) is 19.7 Å². The number of carbonyl (C=O) groups is 2. The molecule has 0 N–H and O–H groups in total. The molecule has 20 heavy (non-hydrogen) atoms. The summed E-state index contributed by atoms with van der Waals surface area (Å²) in [6.45, 7) is 4.50. The fourth-order valence-corrected chi connectivity index (χ4v) is 1.57. The minimum Gasteiger partial charge on any atom is -0.466 e. The number of hydrogen-bond donors (Lipinski definition) is 0. The Hall–Kier alpha value is -2.10. The van der Waals surface area contributed by atoms with E-state index in [-0.39, 0.29) is 18.3 Å². The van der Waals surface area contributed by atoms with Gasteiger partial charge in [-0.3, -0.25) is 9.59 Å². The van der Waals surface area contributed by atoms with E-state index in [1.54, 1.807) is 20.0 Å². The van der Waals surface area contributed by atoms with Crippen LogP contribution in [0.2, 0.25) is 0 Å². The Bertz CT molecular complexity index is 477. The molecule has 108 valence electrons. The predicted octanol–water partition coefficient (Wildman–Crippen LogP) is 2.42. The van der Waals surface area contributed by atoms with E-state index in [1.807, 2.05) is 31.2 Å². The maximum Gasteiger partial charge on any atom is 0.307 e. The Labute approximate surface area is 120 Å². The standard InChI is InChI=1S/C16H21NO3/c1-4-20-16(19)11-12-17(3)15(18)10-9-14-7-5-13(2)6-8-14/h5-10H,4,11-12H2,1-3H3/b10-9+. The van der Waals surface area contributed by atoms with Gasteiger partial charge in [-0.2, -0.15) is 0 Å². The molecule has 0 aliphatic heterocycles. The zero-order chi connectivity index (χ0) is 15.0. The minimum absolute atomic E-state index is 0.130. The lowest BCUT2D eigenvalue weighted by molar-refractivity contribution is -0.143. The van der Waals surface area contributed by atoms with Gasteiger partial charge in [-0.1, -0.05) is 29.8 Å². The Balaban J connectivity index is 2.45. The Morgan fingerprint density at radius 3 is 2.50 bits per heavy atom. The van der Waals surface area contributed by atoms with Crippen LogP contribution in [0.3, 0.4) is 0 Å². The van der Waals surface area contributed by atoms with Crippen LogP contribution < -0.4 is 0 Å². The van der Waals surface area contributed by atoms with Gasteiger partial charge in [0.2, 0.25) is 5.91 Å². The van der Waals surface area contributed by atoms with Gasteiger partial charge in [0.25, 0.3) is 0 Å². The lowest BCUT2D eigenvalue weighted by Crippen LogP contribution is -2.27. The third-order valence-electron chi connectivity index (χ3n) is 2.83. The lowest BCUT2D eigenvalue weighted by atomic mass is 10.1.